The Morgan fingerprint density at radius 1 is 1.13 bits per heavy atom. The summed E-state index contributed by atoms with van der Waals surface area (Å²) < 4.78 is 4.87. The van der Waals surface area contributed by atoms with E-state index in [1.54, 1.807) is 49.2 Å². The number of hydrogen-bond donors (Lipinski definition) is 2. The van der Waals surface area contributed by atoms with Gasteiger partial charge in [0.2, 0.25) is 5.91 Å². The number of imidazole rings is 1. The second-order valence-corrected chi connectivity index (χ2v) is 9.71. The number of methoxy groups -OCH3 is 1. The van der Waals surface area contributed by atoms with E-state index in [0.717, 1.165) is 21.8 Å². The predicted molar refractivity (Wildman–Crippen MR) is 143 cm³/mol. The number of carbonyl (C=O) groups excluding carboxylic acids is 2. The first-order valence-corrected chi connectivity index (χ1v) is 12.9. The molecule has 1 aromatic carbocycles. The number of aromatic nitrogens is 4. The van der Waals surface area contributed by atoms with Gasteiger partial charge in [-0.15, -0.1) is 11.3 Å². The Labute approximate surface area is 228 Å². The molecule has 2 N–H and O–H groups in total. The van der Waals surface area contributed by atoms with Gasteiger partial charge in [0.15, 0.2) is 0 Å². The number of hydrogen-bond acceptors (Lipinski definition) is 9. The van der Waals surface area contributed by atoms with Crippen molar-refractivity contribution in [3.63, 3.8) is 0 Å². The molecule has 4 aromatic rings. The van der Waals surface area contributed by atoms with E-state index in [0.29, 0.717) is 18.5 Å². The largest absolute Gasteiger partial charge is 0.453 e. The first-order valence-electron chi connectivity index (χ1n) is 12.0. The number of carbonyl (C=O) groups is 2. The number of amides is 2. The fraction of sp³-hybridized carbons (Fsp3) is 0.269. The molecular weight excluding hydrogens is 522 g/mol. The van der Waals surface area contributed by atoms with Gasteiger partial charge >= 0.3 is 6.09 Å². The van der Waals surface area contributed by atoms with Gasteiger partial charge in [0.1, 0.15) is 6.04 Å². The summed E-state index contributed by atoms with van der Waals surface area (Å²) >= 11 is 1.45. The Hall–Kier alpha value is -4.65. The Kier molecular flexibility index (Phi) is 8.94. The minimum atomic E-state index is -0.873. The number of aromatic amines is 1. The number of rotatable bonds is 11. The van der Waals surface area contributed by atoms with E-state index >= 15 is 0 Å². The van der Waals surface area contributed by atoms with E-state index in [-0.39, 0.29) is 12.1 Å². The highest BCUT2D eigenvalue weighted by Crippen LogP contribution is 2.24. The zero-order valence-corrected chi connectivity index (χ0v) is 22.1. The van der Waals surface area contributed by atoms with Gasteiger partial charge < -0.3 is 15.0 Å². The molecule has 0 spiro atoms. The second kappa shape index (κ2) is 12.7. The maximum absolute atomic E-state index is 13.7. The van der Waals surface area contributed by atoms with Crippen molar-refractivity contribution in [3.8, 4) is 0 Å². The maximum atomic E-state index is 13.7. The molecule has 0 radical (unpaired) electrons. The molecule has 13 heteroatoms. The van der Waals surface area contributed by atoms with Crippen LogP contribution in [0.5, 0.6) is 0 Å². The molecule has 0 fully saturated rings. The SMILES string of the molecule is COC(=O)N(C)[C@@H](Cc1ccncc1)C(=O)N[C@@H](Cc1ccc([N+](=O)[O-])cc1)c1csc(Cc2cnc[nH]2)n1. The van der Waals surface area contributed by atoms with Crippen LogP contribution in [-0.4, -0.2) is 62.0 Å². The van der Waals surface area contributed by atoms with E-state index in [9.17, 15) is 19.7 Å². The number of H-pyrrole nitrogens is 1. The number of non-ortho nitro benzene ring substituents is 1. The summed E-state index contributed by atoms with van der Waals surface area (Å²) in [6.45, 7) is 0. The average molecular weight is 550 g/mol. The number of benzene rings is 1. The number of likely N-dealkylation sites (N-methyl/N-ethyl adjacent to an activating group) is 1. The highest BCUT2D eigenvalue weighted by atomic mass is 32.1. The number of thiazole rings is 1. The topological polar surface area (TPSA) is 156 Å². The monoisotopic (exact) mass is 549 g/mol. The Bertz CT molecular complexity index is 1390. The number of nitro benzene ring substituents is 1. The van der Waals surface area contributed by atoms with E-state index in [1.807, 2.05) is 5.38 Å². The van der Waals surface area contributed by atoms with Crippen molar-refractivity contribution in [2.75, 3.05) is 14.2 Å². The summed E-state index contributed by atoms with van der Waals surface area (Å²) in [6, 6.07) is 8.30. The van der Waals surface area contributed by atoms with Gasteiger partial charge in [-0.3, -0.25) is 24.8 Å². The highest BCUT2D eigenvalue weighted by molar-refractivity contribution is 7.09. The van der Waals surface area contributed by atoms with Crippen LogP contribution in [0.25, 0.3) is 0 Å². The molecule has 2 amide bonds. The van der Waals surface area contributed by atoms with Gasteiger partial charge in [-0.2, -0.15) is 0 Å². The van der Waals surface area contributed by atoms with E-state index in [1.165, 1.54) is 42.5 Å². The van der Waals surface area contributed by atoms with Crippen molar-refractivity contribution in [3.05, 3.63) is 104 Å². The number of nitro groups is 1. The van der Waals surface area contributed by atoms with Gasteiger partial charge in [0.25, 0.3) is 5.69 Å². The molecule has 4 rings (SSSR count). The highest BCUT2D eigenvalue weighted by Gasteiger charge is 2.30. The predicted octanol–water partition coefficient (Wildman–Crippen LogP) is 3.47. The Morgan fingerprint density at radius 3 is 2.49 bits per heavy atom. The van der Waals surface area contributed by atoms with Crippen molar-refractivity contribution < 1.29 is 19.2 Å². The van der Waals surface area contributed by atoms with Crippen LogP contribution in [-0.2, 0) is 28.8 Å². The van der Waals surface area contributed by atoms with E-state index in [2.05, 4.69) is 20.3 Å². The summed E-state index contributed by atoms with van der Waals surface area (Å²) in [5.41, 5.74) is 3.13. The molecule has 0 aliphatic carbocycles. The van der Waals surface area contributed by atoms with Crippen molar-refractivity contribution in [1.82, 2.24) is 30.2 Å². The van der Waals surface area contributed by atoms with Crippen molar-refractivity contribution in [2.24, 2.45) is 0 Å². The number of nitrogens with zero attached hydrogens (tertiary/aromatic N) is 5. The second-order valence-electron chi connectivity index (χ2n) is 8.76. The zero-order valence-electron chi connectivity index (χ0n) is 21.3. The molecule has 12 nitrogen and oxygen atoms in total. The van der Waals surface area contributed by atoms with Crippen LogP contribution >= 0.6 is 11.3 Å². The lowest BCUT2D eigenvalue weighted by Crippen LogP contribution is -2.50. The van der Waals surface area contributed by atoms with Gasteiger partial charge in [0.05, 0.1) is 35.1 Å². The summed E-state index contributed by atoms with van der Waals surface area (Å²) in [4.78, 5) is 53.8. The number of nitrogens with one attached hydrogen (secondary N) is 2. The summed E-state index contributed by atoms with van der Waals surface area (Å²) in [6.07, 6.45) is 7.05. The van der Waals surface area contributed by atoms with Gasteiger partial charge in [0, 0.05) is 61.7 Å². The number of ether oxygens (including phenoxy) is 1. The quantitative estimate of drug-likeness (QED) is 0.213. The summed E-state index contributed by atoms with van der Waals surface area (Å²) in [5.74, 6) is -0.394. The average Bonchev–Trinajstić information content (AvgIpc) is 3.64. The van der Waals surface area contributed by atoms with Gasteiger partial charge in [-0.1, -0.05) is 12.1 Å². The molecule has 0 aliphatic rings. The van der Waals surface area contributed by atoms with Crippen LogP contribution in [0, 0.1) is 10.1 Å². The lowest BCUT2D eigenvalue weighted by Gasteiger charge is -2.28. The fourth-order valence-corrected chi connectivity index (χ4v) is 4.89. The normalized spacial score (nSPS) is 12.4. The minimum Gasteiger partial charge on any atom is -0.453 e. The Balaban J connectivity index is 1.60. The van der Waals surface area contributed by atoms with Crippen LogP contribution in [0.2, 0.25) is 0 Å². The molecule has 202 valence electrons. The van der Waals surface area contributed by atoms with Crippen molar-refractivity contribution in [1.29, 1.82) is 0 Å². The molecule has 0 unspecified atom stereocenters. The first-order chi connectivity index (χ1) is 18.8. The molecule has 0 saturated heterocycles. The smallest absolute Gasteiger partial charge is 0.409 e. The standard InChI is InChI=1S/C26H27N7O5S/c1-32(26(35)38-2)23(12-18-7-9-27-10-8-18)25(34)31-21(11-17-3-5-20(6-4-17)33(36)37)22-15-39-24(30-22)13-19-14-28-16-29-19/h3-10,14-16,21,23H,11-13H2,1-2H3,(H,28,29)(H,31,34)/t21-,23-/m0/s1. The van der Waals surface area contributed by atoms with Crippen LogP contribution in [0.15, 0.2) is 66.7 Å². The van der Waals surface area contributed by atoms with Gasteiger partial charge in [-0.25, -0.2) is 14.8 Å². The minimum absolute atomic E-state index is 0.0213. The fourth-order valence-electron chi connectivity index (χ4n) is 4.02. The molecule has 3 aromatic heterocycles. The molecular formula is C26H27N7O5S. The lowest BCUT2D eigenvalue weighted by molar-refractivity contribution is -0.384. The maximum Gasteiger partial charge on any atom is 0.409 e. The molecule has 3 heterocycles. The lowest BCUT2D eigenvalue weighted by atomic mass is 10.0. The van der Waals surface area contributed by atoms with Crippen molar-refractivity contribution in [2.45, 2.75) is 31.3 Å². The first kappa shape index (κ1) is 27.4. The van der Waals surface area contributed by atoms with Crippen LogP contribution in [0.1, 0.15) is 33.6 Å². The van der Waals surface area contributed by atoms with Crippen LogP contribution in [0.3, 0.4) is 0 Å². The molecule has 0 bridgehead atoms. The summed E-state index contributed by atoms with van der Waals surface area (Å²) in [5, 5.41) is 16.9. The molecule has 2 atom stereocenters. The van der Waals surface area contributed by atoms with Gasteiger partial charge in [-0.05, 0) is 29.7 Å². The third kappa shape index (κ3) is 7.23. The van der Waals surface area contributed by atoms with E-state index in [4.69, 9.17) is 9.72 Å². The summed E-state index contributed by atoms with van der Waals surface area (Å²) in [7, 11) is 2.77. The van der Waals surface area contributed by atoms with Crippen LogP contribution in [0.4, 0.5) is 10.5 Å². The number of pyridine rings is 1. The molecule has 39 heavy (non-hydrogen) atoms. The molecule has 0 aliphatic heterocycles. The zero-order chi connectivity index (χ0) is 27.8. The van der Waals surface area contributed by atoms with Crippen LogP contribution < -0.4 is 5.32 Å². The van der Waals surface area contributed by atoms with E-state index < -0.39 is 29.0 Å². The third-order valence-corrected chi connectivity index (χ3v) is 7.00. The molecule has 0 saturated carbocycles. The Morgan fingerprint density at radius 2 is 1.85 bits per heavy atom. The third-order valence-electron chi connectivity index (χ3n) is 6.14. The van der Waals surface area contributed by atoms with Crippen molar-refractivity contribution >= 4 is 29.0 Å².